The number of fused-ring (bicyclic) bond motifs is 1. The van der Waals surface area contributed by atoms with Crippen LogP contribution in [0.15, 0.2) is 11.3 Å². The topological polar surface area (TPSA) is 87.4 Å². The van der Waals surface area contributed by atoms with Gasteiger partial charge in [0, 0.05) is 26.1 Å². The van der Waals surface area contributed by atoms with Crippen LogP contribution in [0.25, 0.3) is 0 Å². The van der Waals surface area contributed by atoms with Gasteiger partial charge < -0.3 is 15.7 Å². The Kier molecular flexibility index (Phi) is 5.42. The molecule has 1 aliphatic heterocycles. The van der Waals surface area contributed by atoms with Crippen molar-refractivity contribution in [1.82, 2.24) is 25.4 Å². The molecule has 0 amide bonds. The molecule has 8 heteroatoms. The Bertz CT molecular complexity index is 499. The summed E-state index contributed by atoms with van der Waals surface area (Å²) in [7, 11) is 1.75. The molecule has 1 unspecified atom stereocenters. The Hall–Kier alpha value is -0.900. The normalized spacial score (nSPS) is 23.5. The number of hydrogen-bond acceptors (Lipinski definition) is 4. The van der Waals surface area contributed by atoms with Crippen molar-refractivity contribution < 1.29 is 5.11 Å². The van der Waals surface area contributed by atoms with Crippen LogP contribution in [-0.2, 0) is 13.0 Å². The lowest BCUT2D eigenvalue weighted by Crippen LogP contribution is -2.53. The largest absolute Gasteiger partial charge is 0.388 e. The van der Waals surface area contributed by atoms with Crippen molar-refractivity contribution in [2.75, 3.05) is 13.6 Å². The molecule has 0 bridgehead atoms. The van der Waals surface area contributed by atoms with Crippen LogP contribution in [0.2, 0.25) is 0 Å². The van der Waals surface area contributed by atoms with Gasteiger partial charge in [0.15, 0.2) is 5.96 Å². The van der Waals surface area contributed by atoms with Crippen LogP contribution in [0.1, 0.15) is 31.5 Å². The van der Waals surface area contributed by atoms with Crippen molar-refractivity contribution in [3.63, 3.8) is 0 Å². The SMILES string of the molecule is CN=C(NCC1(O)CCC1)NC1CCc2ncnn2C1.I. The van der Waals surface area contributed by atoms with Gasteiger partial charge in [-0.1, -0.05) is 0 Å². The molecule has 0 spiro atoms. The van der Waals surface area contributed by atoms with E-state index in [1.807, 2.05) is 4.68 Å². The van der Waals surface area contributed by atoms with Crippen LogP contribution in [-0.4, -0.2) is 51.1 Å². The van der Waals surface area contributed by atoms with Crippen LogP contribution in [0.3, 0.4) is 0 Å². The molecule has 3 N–H and O–H groups in total. The number of halogens is 1. The summed E-state index contributed by atoms with van der Waals surface area (Å²) in [5.41, 5.74) is -0.538. The standard InChI is InChI=1S/C13H22N6O.HI/c1-14-12(15-8-13(20)5-2-6-13)18-10-3-4-11-16-9-17-19(11)7-10;/h9-10,20H,2-8H2,1H3,(H2,14,15,18);1H. The van der Waals surface area contributed by atoms with E-state index in [0.717, 1.165) is 50.4 Å². The molecule has 0 radical (unpaired) electrons. The number of rotatable bonds is 3. The van der Waals surface area contributed by atoms with Crippen LogP contribution < -0.4 is 10.6 Å². The fourth-order valence-corrected chi connectivity index (χ4v) is 2.75. The fourth-order valence-electron chi connectivity index (χ4n) is 2.75. The molecule has 2 aliphatic rings. The minimum absolute atomic E-state index is 0. The third-order valence-electron chi connectivity index (χ3n) is 4.24. The average Bonchev–Trinajstić information content (AvgIpc) is 2.88. The first kappa shape index (κ1) is 16.5. The lowest BCUT2D eigenvalue weighted by molar-refractivity contribution is -0.0279. The highest BCUT2D eigenvalue weighted by molar-refractivity contribution is 14.0. The molecule has 1 fully saturated rings. The van der Waals surface area contributed by atoms with Crippen molar-refractivity contribution in [2.45, 2.75) is 50.3 Å². The van der Waals surface area contributed by atoms with E-state index in [1.54, 1.807) is 13.4 Å². The first-order valence-corrected chi connectivity index (χ1v) is 7.25. The first-order chi connectivity index (χ1) is 9.68. The molecular weight excluding hydrogens is 383 g/mol. The van der Waals surface area contributed by atoms with Gasteiger partial charge in [-0.3, -0.25) is 4.99 Å². The molecular formula is C13H23IN6O. The quantitative estimate of drug-likeness (QED) is 0.382. The Morgan fingerprint density at radius 1 is 1.57 bits per heavy atom. The Morgan fingerprint density at radius 3 is 3.05 bits per heavy atom. The maximum Gasteiger partial charge on any atom is 0.191 e. The zero-order valence-electron chi connectivity index (χ0n) is 12.2. The summed E-state index contributed by atoms with van der Waals surface area (Å²) >= 11 is 0. The van der Waals surface area contributed by atoms with Gasteiger partial charge in [0.1, 0.15) is 12.2 Å². The van der Waals surface area contributed by atoms with Crippen LogP contribution in [0, 0.1) is 0 Å². The van der Waals surface area contributed by atoms with Gasteiger partial charge in [-0.2, -0.15) is 5.10 Å². The highest BCUT2D eigenvalue weighted by Gasteiger charge is 2.34. The van der Waals surface area contributed by atoms with Gasteiger partial charge in [-0.05, 0) is 25.7 Å². The molecule has 1 saturated carbocycles. The third-order valence-corrected chi connectivity index (χ3v) is 4.24. The zero-order chi connectivity index (χ0) is 14.0. The van der Waals surface area contributed by atoms with Crippen molar-refractivity contribution in [3.05, 3.63) is 12.2 Å². The molecule has 0 saturated heterocycles. The number of nitrogens with zero attached hydrogens (tertiary/aromatic N) is 4. The molecule has 118 valence electrons. The number of guanidine groups is 1. The molecule has 1 aliphatic carbocycles. The van der Waals surface area contributed by atoms with Gasteiger partial charge >= 0.3 is 0 Å². The van der Waals surface area contributed by atoms with E-state index < -0.39 is 5.60 Å². The second kappa shape index (κ2) is 6.91. The van der Waals surface area contributed by atoms with Gasteiger partial charge in [-0.15, -0.1) is 24.0 Å². The average molecular weight is 406 g/mol. The number of aryl methyl sites for hydroxylation is 1. The number of aliphatic hydroxyl groups is 1. The van der Waals surface area contributed by atoms with Gasteiger partial charge in [0.25, 0.3) is 0 Å². The van der Waals surface area contributed by atoms with E-state index >= 15 is 0 Å². The highest BCUT2D eigenvalue weighted by Crippen LogP contribution is 2.30. The summed E-state index contributed by atoms with van der Waals surface area (Å²) < 4.78 is 1.94. The molecule has 2 heterocycles. The Labute approximate surface area is 141 Å². The maximum atomic E-state index is 10.1. The van der Waals surface area contributed by atoms with E-state index in [2.05, 4.69) is 25.7 Å². The first-order valence-electron chi connectivity index (χ1n) is 7.25. The third kappa shape index (κ3) is 3.85. The van der Waals surface area contributed by atoms with Crippen molar-refractivity contribution in [3.8, 4) is 0 Å². The predicted molar refractivity (Wildman–Crippen MR) is 90.8 cm³/mol. The Morgan fingerprint density at radius 2 is 2.38 bits per heavy atom. The fraction of sp³-hybridized carbons (Fsp3) is 0.769. The molecule has 1 aromatic rings. The Balaban J connectivity index is 0.00000161. The maximum absolute atomic E-state index is 10.1. The summed E-state index contributed by atoms with van der Waals surface area (Å²) in [5, 5.41) is 20.9. The molecule has 1 atom stereocenters. The van der Waals surface area contributed by atoms with Gasteiger partial charge in [-0.25, -0.2) is 9.67 Å². The molecule has 1 aromatic heterocycles. The number of nitrogens with one attached hydrogen (secondary N) is 2. The predicted octanol–water partition coefficient (Wildman–Crippen LogP) is 0.291. The summed E-state index contributed by atoms with van der Waals surface area (Å²) in [6.07, 6.45) is 6.42. The summed E-state index contributed by atoms with van der Waals surface area (Å²) in [5.74, 6) is 1.80. The minimum Gasteiger partial charge on any atom is -0.388 e. The number of aliphatic imine (C=N–C) groups is 1. The molecule has 3 rings (SSSR count). The molecule has 0 aromatic carbocycles. The molecule has 7 nitrogen and oxygen atoms in total. The van der Waals surface area contributed by atoms with E-state index in [-0.39, 0.29) is 24.0 Å². The monoisotopic (exact) mass is 406 g/mol. The summed E-state index contributed by atoms with van der Waals surface area (Å²) in [4.78, 5) is 8.45. The van der Waals surface area contributed by atoms with Gasteiger partial charge in [0.05, 0.1) is 12.1 Å². The van der Waals surface area contributed by atoms with Crippen molar-refractivity contribution >= 4 is 29.9 Å². The van der Waals surface area contributed by atoms with Gasteiger partial charge in [0.2, 0.25) is 0 Å². The number of hydrogen-bond donors (Lipinski definition) is 3. The van der Waals surface area contributed by atoms with E-state index in [9.17, 15) is 5.11 Å². The van der Waals surface area contributed by atoms with E-state index in [1.165, 1.54) is 0 Å². The lowest BCUT2D eigenvalue weighted by Gasteiger charge is -2.37. The van der Waals surface area contributed by atoms with Crippen molar-refractivity contribution in [1.29, 1.82) is 0 Å². The minimum atomic E-state index is -0.538. The smallest absolute Gasteiger partial charge is 0.191 e. The van der Waals surface area contributed by atoms with E-state index in [4.69, 9.17) is 0 Å². The van der Waals surface area contributed by atoms with Crippen molar-refractivity contribution in [2.24, 2.45) is 4.99 Å². The zero-order valence-corrected chi connectivity index (χ0v) is 14.6. The van der Waals surface area contributed by atoms with Crippen LogP contribution in [0.5, 0.6) is 0 Å². The summed E-state index contributed by atoms with van der Waals surface area (Å²) in [6.45, 7) is 1.37. The second-order valence-electron chi connectivity index (χ2n) is 5.74. The lowest BCUT2D eigenvalue weighted by atomic mass is 9.80. The van der Waals surface area contributed by atoms with Crippen LogP contribution >= 0.6 is 24.0 Å². The second-order valence-corrected chi connectivity index (χ2v) is 5.74. The molecule has 21 heavy (non-hydrogen) atoms. The number of aromatic nitrogens is 3. The highest BCUT2D eigenvalue weighted by atomic mass is 127. The van der Waals surface area contributed by atoms with Crippen LogP contribution in [0.4, 0.5) is 0 Å². The summed E-state index contributed by atoms with van der Waals surface area (Å²) in [6, 6.07) is 0.298. The van der Waals surface area contributed by atoms with E-state index in [0.29, 0.717) is 12.6 Å².